The van der Waals surface area contributed by atoms with Crippen molar-refractivity contribution in [1.82, 2.24) is 4.90 Å². The molecule has 4 heteroatoms. The van der Waals surface area contributed by atoms with Crippen molar-refractivity contribution in [2.75, 3.05) is 19.9 Å². The van der Waals surface area contributed by atoms with Crippen LogP contribution in [0.2, 0.25) is 5.02 Å². The van der Waals surface area contributed by atoms with Gasteiger partial charge in [-0.2, -0.15) is 0 Å². The van der Waals surface area contributed by atoms with Crippen LogP contribution in [0.4, 0.5) is 5.69 Å². The van der Waals surface area contributed by atoms with Crippen molar-refractivity contribution in [2.24, 2.45) is 0 Å². The maximum Gasteiger partial charge on any atom is 0.141 e. The van der Waals surface area contributed by atoms with Gasteiger partial charge in [0.25, 0.3) is 0 Å². The molecule has 0 spiro atoms. The maximum absolute atomic E-state index is 6.06. The Labute approximate surface area is 131 Å². The molecule has 0 aliphatic carbocycles. The molecular weight excluding hydrogens is 284 g/mol. The molecule has 0 heterocycles. The molecule has 1 atom stereocenters. The van der Waals surface area contributed by atoms with Gasteiger partial charge in [0.2, 0.25) is 0 Å². The van der Waals surface area contributed by atoms with E-state index >= 15 is 0 Å². The van der Waals surface area contributed by atoms with Crippen LogP contribution in [0.3, 0.4) is 0 Å². The summed E-state index contributed by atoms with van der Waals surface area (Å²) in [5, 5.41) is 0.765. The average Bonchev–Trinajstić information content (AvgIpc) is 2.46. The maximum atomic E-state index is 6.06. The minimum absolute atomic E-state index is 0.270. The number of hydrogen-bond acceptors (Lipinski definition) is 3. The molecule has 0 radical (unpaired) electrons. The Morgan fingerprint density at radius 3 is 2.62 bits per heavy atom. The highest BCUT2D eigenvalue weighted by molar-refractivity contribution is 6.30. The van der Waals surface area contributed by atoms with Gasteiger partial charge in [-0.15, -0.1) is 0 Å². The lowest BCUT2D eigenvalue weighted by Crippen LogP contribution is -2.22. The molecule has 0 amide bonds. The Hall–Kier alpha value is -1.71. The zero-order valence-corrected chi connectivity index (χ0v) is 13.4. The summed E-state index contributed by atoms with van der Waals surface area (Å²) in [4.78, 5) is 2.26. The van der Waals surface area contributed by atoms with E-state index in [1.807, 2.05) is 36.4 Å². The fraction of sp³-hybridized carbons (Fsp3) is 0.294. The van der Waals surface area contributed by atoms with Crippen LogP contribution in [-0.2, 0) is 6.54 Å². The second kappa shape index (κ2) is 6.83. The number of nitrogens with zero attached hydrogens (tertiary/aromatic N) is 1. The van der Waals surface area contributed by atoms with Gasteiger partial charge < -0.3 is 10.5 Å². The normalized spacial score (nSPS) is 12.4. The molecule has 0 saturated carbocycles. The minimum Gasteiger partial charge on any atom is -0.495 e. The number of methoxy groups -OCH3 is 1. The molecule has 2 N–H and O–H groups in total. The molecule has 2 aromatic carbocycles. The van der Waals surface area contributed by atoms with Crippen LogP contribution in [0.15, 0.2) is 42.5 Å². The molecule has 0 aliphatic rings. The van der Waals surface area contributed by atoms with Crippen LogP contribution in [0, 0.1) is 0 Å². The van der Waals surface area contributed by atoms with Gasteiger partial charge in [-0.25, -0.2) is 0 Å². The van der Waals surface area contributed by atoms with E-state index < -0.39 is 0 Å². The van der Waals surface area contributed by atoms with Gasteiger partial charge in [-0.3, -0.25) is 4.90 Å². The first-order chi connectivity index (χ1) is 10.0. The Balaban J connectivity index is 2.10. The molecule has 0 fully saturated rings. The Morgan fingerprint density at radius 2 is 2.00 bits per heavy atom. The molecule has 2 aromatic rings. The molecule has 1 unspecified atom stereocenters. The fourth-order valence-corrected chi connectivity index (χ4v) is 2.53. The van der Waals surface area contributed by atoms with Gasteiger partial charge in [0.1, 0.15) is 5.75 Å². The zero-order chi connectivity index (χ0) is 15.4. The summed E-state index contributed by atoms with van der Waals surface area (Å²) in [7, 11) is 3.71. The molecule has 21 heavy (non-hydrogen) atoms. The van der Waals surface area contributed by atoms with Crippen LogP contribution in [0.5, 0.6) is 5.75 Å². The topological polar surface area (TPSA) is 38.5 Å². The van der Waals surface area contributed by atoms with Crippen molar-refractivity contribution < 1.29 is 4.74 Å². The first-order valence-electron chi connectivity index (χ1n) is 6.89. The van der Waals surface area contributed by atoms with Gasteiger partial charge in [0.15, 0.2) is 0 Å². The van der Waals surface area contributed by atoms with Crippen molar-refractivity contribution in [3.63, 3.8) is 0 Å². The van der Waals surface area contributed by atoms with Crippen molar-refractivity contribution in [3.8, 4) is 5.75 Å². The quantitative estimate of drug-likeness (QED) is 0.844. The van der Waals surface area contributed by atoms with E-state index in [2.05, 4.69) is 24.9 Å². The summed E-state index contributed by atoms with van der Waals surface area (Å²) < 4.78 is 5.18. The lowest BCUT2D eigenvalue weighted by Gasteiger charge is -2.25. The van der Waals surface area contributed by atoms with E-state index in [1.165, 1.54) is 5.56 Å². The lowest BCUT2D eigenvalue weighted by atomic mass is 10.1. The number of rotatable bonds is 5. The third-order valence-electron chi connectivity index (χ3n) is 3.72. The fourth-order valence-electron chi connectivity index (χ4n) is 2.33. The van der Waals surface area contributed by atoms with Crippen LogP contribution in [-0.4, -0.2) is 19.1 Å². The van der Waals surface area contributed by atoms with Gasteiger partial charge in [0.05, 0.1) is 12.8 Å². The first kappa shape index (κ1) is 15.7. The van der Waals surface area contributed by atoms with Crippen LogP contribution in [0.1, 0.15) is 24.1 Å². The van der Waals surface area contributed by atoms with Crippen LogP contribution < -0.4 is 10.5 Å². The Morgan fingerprint density at radius 1 is 1.24 bits per heavy atom. The average molecular weight is 305 g/mol. The van der Waals surface area contributed by atoms with Gasteiger partial charge in [-0.1, -0.05) is 29.8 Å². The van der Waals surface area contributed by atoms with Gasteiger partial charge in [-0.05, 0) is 49.4 Å². The third kappa shape index (κ3) is 3.90. The minimum atomic E-state index is 0.270. The molecule has 112 valence electrons. The van der Waals surface area contributed by atoms with Crippen molar-refractivity contribution in [3.05, 3.63) is 58.6 Å². The SMILES string of the molecule is COc1ccc(CN(C)C(C)c2cccc(Cl)c2)cc1N. The number of halogens is 1. The third-order valence-corrected chi connectivity index (χ3v) is 3.95. The molecule has 0 bridgehead atoms. The van der Waals surface area contributed by atoms with Crippen LogP contribution in [0.25, 0.3) is 0 Å². The predicted molar refractivity (Wildman–Crippen MR) is 88.7 cm³/mol. The number of ether oxygens (including phenoxy) is 1. The predicted octanol–water partition coefficient (Wildman–Crippen LogP) is 4.12. The van der Waals surface area contributed by atoms with Gasteiger partial charge in [0, 0.05) is 17.6 Å². The second-order valence-electron chi connectivity index (χ2n) is 5.22. The summed E-state index contributed by atoms with van der Waals surface area (Å²) in [6.45, 7) is 2.97. The highest BCUT2D eigenvalue weighted by Gasteiger charge is 2.13. The highest BCUT2D eigenvalue weighted by Crippen LogP contribution is 2.26. The Kier molecular flexibility index (Phi) is 5.10. The van der Waals surface area contributed by atoms with E-state index in [0.29, 0.717) is 11.4 Å². The van der Waals surface area contributed by atoms with Crippen LogP contribution >= 0.6 is 11.6 Å². The summed E-state index contributed by atoms with van der Waals surface area (Å²) in [5.74, 6) is 0.712. The summed E-state index contributed by atoms with van der Waals surface area (Å²) in [6, 6.07) is 14.1. The molecule has 3 nitrogen and oxygen atoms in total. The smallest absolute Gasteiger partial charge is 0.141 e. The standard InChI is InChI=1S/C17H21ClN2O/c1-12(14-5-4-6-15(18)10-14)20(2)11-13-7-8-17(21-3)16(19)9-13/h4-10,12H,11,19H2,1-3H3. The molecule has 0 saturated heterocycles. The first-order valence-corrected chi connectivity index (χ1v) is 7.27. The monoisotopic (exact) mass is 304 g/mol. The molecule has 0 aromatic heterocycles. The summed E-state index contributed by atoms with van der Waals surface area (Å²) >= 11 is 6.06. The van der Waals surface area contributed by atoms with E-state index in [0.717, 1.165) is 17.1 Å². The van der Waals surface area contributed by atoms with Crippen molar-refractivity contribution in [1.29, 1.82) is 0 Å². The number of nitrogen functional groups attached to an aromatic ring is 1. The van der Waals surface area contributed by atoms with Crippen molar-refractivity contribution in [2.45, 2.75) is 19.5 Å². The molecule has 2 rings (SSSR count). The second-order valence-corrected chi connectivity index (χ2v) is 5.66. The summed E-state index contributed by atoms with van der Waals surface area (Å²) in [6.07, 6.45) is 0. The Bertz CT molecular complexity index is 615. The number of benzene rings is 2. The zero-order valence-electron chi connectivity index (χ0n) is 12.6. The number of nitrogens with two attached hydrogens (primary N) is 1. The van der Waals surface area contributed by atoms with Gasteiger partial charge >= 0.3 is 0 Å². The molecule has 0 aliphatic heterocycles. The van der Waals surface area contributed by atoms with E-state index in [-0.39, 0.29) is 6.04 Å². The summed E-state index contributed by atoms with van der Waals surface area (Å²) in [5.41, 5.74) is 8.98. The number of hydrogen-bond donors (Lipinski definition) is 1. The largest absolute Gasteiger partial charge is 0.495 e. The molecular formula is C17H21ClN2O. The van der Waals surface area contributed by atoms with Crippen molar-refractivity contribution >= 4 is 17.3 Å². The van der Waals surface area contributed by atoms with E-state index in [4.69, 9.17) is 22.1 Å². The number of anilines is 1. The van der Waals surface area contributed by atoms with E-state index in [1.54, 1.807) is 7.11 Å². The van der Waals surface area contributed by atoms with E-state index in [9.17, 15) is 0 Å². The lowest BCUT2D eigenvalue weighted by molar-refractivity contribution is 0.253. The highest BCUT2D eigenvalue weighted by atomic mass is 35.5.